The molecule has 0 radical (unpaired) electrons. The van der Waals surface area contributed by atoms with Gasteiger partial charge in [0.25, 0.3) is 0 Å². The third-order valence-corrected chi connectivity index (χ3v) is 2.23. The van der Waals surface area contributed by atoms with E-state index in [4.69, 9.17) is 5.26 Å². The molecule has 2 aromatic rings. The fraction of sp³-hybridized carbons (Fsp3) is 0.250. The summed E-state index contributed by atoms with van der Waals surface area (Å²) in [5.74, 6) is 1.15. The van der Waals surface area contributed by atoms with Crippen molar-refractivity contribution >= 4 is 5.95 Å². The topological polar surface area (TPSA) is 87.4 Å². The summed E-state index contributed by atoms with van der Waals surface area (Å²) < 4.78 is 0. The average molecular weight is 240 g/mol. The van der Waals surface area contributed by atoms with E-state index < -0.39 is 0 Å². The molecule has 0 aliphatic rings. The number of hydrogen-bond donors (Lipinski definition) is 1. The van der Waals surface area contributed by atoms with Crippen molar-refractivity contribution in [3.8, 4) is 6.07 Å². The summed E-state index contributed by atoms with van der Waals surface area (Å²) in [5.41, 5.74) is 1.96. The summed E-state index contributed by atoms with van der Waals surface area (Å²) in [5, 5.41) is 11.9. The Labute approximate surface area is 105 Å². The summed E-state index contributed by atoms with van der Waals surface area (Å²) in [6.45, 7) is 4.15. The van der Waals surface area contributed by atoms with E-state index in [1.807, 2.05) is 26.0 Å². The van der Waals surface area contributed by atoms with Crippen LogP contribution in [0.3, 0.4) is 0 Å². The van der Waals surface area contributed by atoms with Crippen LogP contribution < -0.4 is 5.32 Å². The highest BCUT2D eigenvalue weighted by molar-refractivity contribution is 5.33. The first-order chi connectivity index (χ1) is 8.67. The van der Waals surface area contributed by atoms with Gasteiger partial charge in [-0.1, -0.05) is 0 Å². The number of nitrogens with one attached hydrogen (secondary N) is 1. The van der Waals surface area contributed by atoms with Crippen LogP contribution in [0, 0.1) is 25.2 Å². The summed E-state index contributed by atoms with van der Waals surface area (Å²) in [6.07, 6.45) is 1.71. The molecule has 18 heavy (non-hydrogen) atoms. The minimum atomic E-state index is 0.351. The molecule has 6 heteroatoms. The SMILES string of the molecule is Cc1cc(C#N)nc(NCc2ccnc(C)n2)n1. The Morgan fingerprint density at radius 3 is 2.83 bits per heavy atom. The molecule has 0 spiro atoms. The van der Waals surface area contributed by atoms with E-state index in [0.717, 1.165) is 17.2 Å². The van der Waals surface area contributed by atoms with Gasteiger partial charge in [0.1, 0.15) is 17.6 Å². The quantitative estimate of drug-likeness (QED) is 0.871. The van der Waals surface area contributed by atoms with Gasteiger partial charge in [-0.3, -0.25) is 0 Å². The molecule has 0 bridgehead atoms. The van der Waals surface area contributed by atoms with Crippen LogP contribution in [0.4, 0.5) is 5.95 Å². The highest BCUT2D eigenvalue weighted by atomic mass is 15.1. The molecule has 0 aromatic carbocycles. The Morgan fingerprint density at radius 1 is 1.28 bits per heavy atom. The summed E-state index contributed by atoms with van der Waals surface area (Å²) in [6, 6.07) is 5.46. The number of nitrogens with zero attached hydrogens (tertiary/aromatic N) is 5. The molecule has 1 N–H and O–H groups in total. The van der Waals surface area contributed by atoms with Crippen molar-refractivity contribution in [2.24, 2.45) is 0 Å². The number of aryl methyl sites for hydroxylation is 2. The minimum absolute atomic E-state index is 0.351. The lowest BCUT2D eigenvalue weighted by molar-refractivity contribution is 0.934. The van der Waals surface area contributed by atoms with Gasteiger partial charge in [-0.25, -0.2) is 19.9 Å². The molecule has 0 unspecified atom stereocenters. The molecule has 2 rings (SSSR count). The molecule has 0 saturated heterocycles. The van der Waals surface area contributed by atoms with Gasteiger partial charge in [0.15, 0.2) is 0 Å². The van der Waals surface area contributed by atoms with Crippen LogP contribution in [-0.2, 0) is 6.54 Å². The predicted molar refractivity (Wildman–Crippen MR) is 65.6 cm³/mol. The van der Waals surface area contributed by atoms with Crippen LogP contribution in [0.1, 0.15) is 22.9 Å². The summed E-state index contributed by atoms with van der Waals surface area (Å²) >= 11 is 0. The van der Waals surface area contributed by atoms with Gasteiger partial charge in [0.2, 0.25) is 5.95 Å². The third kappa shape index (κ3) is 2.98. The fourth-order valence-corrected chi connectivity index (χ4v) is 1.48. The molecule has 2 aromatic heterocycles. The molecule has 2 heterocycles. The zero-order valence-electron chi connectivity index (χ0n) is 10.2. The van der Waals surface area contributed by atoms with Gasteiger partial charge < -0.3 is 5.32 Å². The molecular weight excluding hydrogens is 228 g/mol. The van der Waals surface area contributed by atoms with Gasteiger partial charge >= 0.3 is 0 Å². The van der Waals surface area contributed by atoms with Gasteiger partial charge in [-0.05, 0) is 26.0 Å². The molecule has 0 fully saturated rings. The van der Waals surface area contributed by atoms with Crippen molar-refractivity contribution in [1.29, 1.82) is 5.26 Å². The number of hydrogen-bond acceptors (Lipinski definition) is 6. The first-order valence-electron chi connectivity index (χ1n) is 5.45. The molecule has 90 valence electrons. The van der Waals surface area contributed by atoms with Crippen molar-refractivity contribution in [3.05, 3.63) is 41.2 Å². The smallest absolute Gasteiger partial charge is 0.224 e. The molecule has 6 nitrogen and oxygen atoms in total. The average Bonchev–Trinajstić information content (AvgIpc) is 2.36. The number of nitriles is 1. The second kappa shape index (κ2) is 5.19. The Balaban J connectivity index is 2.11. The van der Waals surface area contributed by atoms with E-state index in [1.54, 1.807) is 12.3 Å². The van der Waals surface area contributed by atoms with E-state index in [0.29, 0.717) is 18.2 Å². The Morgan fingerprint density at radius 2 is 2.11 bits per heavy atom. The van der Waals surface area contributed by atoms with Gasteiger partial charge in [0.05, 0.1) is 12.2 Å². The van der Waals surface area contributed by atoms with Crippen LogP contribution in [-0.4, -0.2) is 19.9 Å². The lowest BCUT2D eigenvalue weighted by atomic mass is 10.3. The van der Waals surface area contributed by atoms with Crippen molar-refractivity contribution in [2.45, 2.75) is 20.4 Å². The van der Waals surface area contributed by atoms with E-state index in [9.17, 15) is 0 Å². The van der Waals surface area contributed by atoms with Crippen molar-refractivity contribution < 1.29 is 0 Å². The van der Waals surface area contributed by atoms with Crippen LogP contribution >= 0.6 is 0 Å². The predicted octanol–water partition coefficient (Wildman–Crippen LogP) is 1.37. The Bertz CT molecular complexity index is 602. The number of rotatable bonds is 3. The molecule has 0 aliphatic carbocycles. The monoisotopic (exact) mass is 240 g/mol. The van der Waals surface area contributed by atoms with Crippen molar-refractivity contribution in [1.82, 2.24) is 19.9 Å². The zero-order valence-corrected chi connectivity index (χ0v) is 10.2. The van der Waals surface area contributed by atoms with Crippen LogP contribution in [0.2, 0.25) is 0 Å². The molecular formula is C12H12N6. The fourth-order valence-electron chi connectivity index (χ4n) is 1.48. The van der Waals surface area contributed by atoms with Crippen molar-refractivity contribution in [3.63, 3.8) is 0 Å². The largest absolute Gasteiger partial charge is 0.349 e. The van der Waals surface area contributed by atoms with Crippen LogP contribution in [0.15, 0.2) is 18.3 Å². The second-order valence-electron chi connectivity index (χ2n) is 3.78. The van der Waals surface area contributed by atoms with Crippen LogP contribution in [0.5, 0.6) is 0 Å². The highest BCUT2D eigenvalue weighted by Crippen LogP contribution is 2.05. The van der Waals surface area contributed by atoms with Crippen molar-refractivity contribution in [2.75, 3.05) is 5.32 Å². The van der Waals surface area contributed by atoms with Gasteiger partial charge in [-0.2, -0.15) is 5.26 Å². The number of anilines is 1. The van der Waals surface area contributed by atoms with E-state index >= 15 is 0 Å². The first kappa shape index (κ1) is 11.9. The Kier molecular flexibility index (Phi) is 3.44. The highest BCUT2D eigenvalue weighted by Gasteiger charge is 2.02. The maximum absolute atomic E-state index is 8.82. The van der Waals surface area contributed by atoms with E-state index in [-0.39, 0.29) is 0 Å². The summed E-state index contributed by atoms with van der Waals surface area (Å²) in [7, 11) is 0. The minimum Gasteiger partial charge on any atom is -0.349 e. The Hall–Kier alpha value is -2.55. The maximum Gasteiger partial charge on any atom is 0.224 e. The lowest BCUT2D eigenvalue weighted by Gasteiger charge is -2.05. The first-order valence-corrected chi connectivity index (χ1v) is 5.45. The van der Waals surface area contributed by atoms with E-state index in [1.165, 1.54) is 0 Å². The van der Waals surface area contributed by atoms with E-state index in [2.05, 4.69) is 25.3 Å². The molecule has 0 atom stereocenters. The maximum atomic E-state index is 8.82. The number of aromatic nitrogens is 4. The standard InChI is InChI=1S/C12H12N6/c1-8-5-11(6-13)18-12(16-8)15-7-10-3-4-14-9(2)17-10/h3-5H,7H2,1-2H3,(H,15,16,18). The normalized spacial score (nSPS) is 9.83. The molecule has 0 amide bonds. The lowest BCUT2D eigenvalue weighted by Crippen LogP contribution is -2.07. The second-order valence-corrected chi connectivity index (χ2v) is 3.78. The zero-order chi connectivity index (χ0) is 13.0. The molecule has 0 saturated carbocycles. The van der Waals surface area contributed by atoms with Gasteiger partial charge in [0, 0.05) is 11.9 Å². The summed E-state index contributed by atoms with van der Waals surface area (Å²) in [4.78, 5) is 16.5. The third-order valence-electron chi connectivity index (χ3n) is 2.23. The van der Waals surface area contributed by atoms with Crippen LogP contribution in [0.25, 0.3) is 0 Å². The molecule has 0 aliphatic heterocycles. The van der Waals surface area contributed by atoms with Gasteiger partial charge in [-0.15, -0.1) is 0 Å².